The fourth-order valence-corrected chi connectivity index (χ4v) is 9.34. The standard InChI is InChI=1S/C50H70N10O6/c51-15-5-23-55-19-1-3-21-57-25-9-27-59-47(61)35-13-11-33-44-40(66-30-8-18-54)32-38-42-36(48(62)60(50(38)64)28-10-26-58-22-4-2-20-56-24-6-16-52)14-12-34(46(42)44)43-39(65-29-7-17-53)31-37(49(59)63)41(35)45(33)43/h11-14,31-32,55-58H,1-10,15-30,51-54H2. The van der Waals surface area contributed by atoms with Crippen molar-refractivity contribution in [3.8, 4) is 11.5 Å². The molecule has 12 N–H and O–H groups in total. The number of hydrogen-bond donors (Lipinski definition) is 8. The van der Waals surface area contributed by atoms with Gasteiger partial charge in [0.2, 0.25) is 0 Å². The molecule has 2 aliphatic heterocycles. The van der Waals surface area contributed by atoms with E-state index in [0.717, 1.165) is 88.6 Å². The van der Waals surface area contributed by atoms with E-state index in [1.54, 1.807) is 24.3 Å². The second kappa shape index (κ2) is 24.1. The van der Waals surface area contributed by atoms with E-state index in [4.69, 9.17) is 32.4 Å². The van der Waals surface area contributed by atoms with E-state index in [1.165, 1.54) is 9.80 Å². The van der Waals surface area contributed by atoms with Crippen LogP contribution in [0.1, 0.15) is 106 Å². The van der Waals surface area contributed by atoms with Crippen LogP contribution in [0.2, 0.25) is 0 Å². The molecule has 0 aliphatic carbocycles. The highest BCUT2D eigenvalue weighted by atomic mass is 16.5. The van der Waals surface area contributed by atoms with Crippen molar-refractivity contribution in [1.29, 1.82) is 0 Å². The summed E-state index contributed by atoms with van der Waals surface area (Å²) in [5.74, 6) is -0.520. The zero-order valence-corrected chi connectivity index (χ0v) is 38.5. The number of carbonyl (C=O) groups is 4. The number of nitrogens with one attached hydrogen (secondary N) is 4. The molecular weight excluding hydrogens is 837 g/mol. The van der Waals surface area contributed by atoms with E-state index in [1.807, 2.05) is 12.1 Å². The summed E-state index contributed by atoms with van der Waals surface area (Å²) in [6, 6.07) is 10.9. The fourth-order valence-electron chi connectivity index (χ4n) is 9.34. The van der Waals surface area contributed by atoms with Crippen LogP contribution in [-0.2, 0) is 0 Å². The Hall–Kier alpha value is -5.04. The third-order valence-electron chi connectivity index (χ3n) is 12.6. The highest BCUT2D eigenvalue weighted by molar-refractivity contribution is 6.43. The summed E-state index contributed by atoms with van der Waals surface area (Å²) in [4.78, 5) is 60.4. The van der Waals surface area contributed by atoms with Gasteiger partial charge < -0.3 is 53.7 Å². The summed E-state index contributed by atoms with van der Waals surface area (Å²) in [6.45, 7) is 10.1. The van der Waals surface area contributed by atoms with E-state index >= 15 is 0 Å². The lowest BCUT2D eigenvalue weighted by Crippen LogP contribution is -2.42. The van der Waals surface area contributed by atoms with Gasteiger partial charge in [-0.3, -0.25) is 29.0 Å². The fraction of sp³-hybridized carbons (Fsp3) is 0.520. The average molecular weight is 907 g/mol. The minimum absolute atomic E-state index is 0.260. The lowest BCUT2D eigenvalue weighted by molar-refractivity contribution is 0.0593. The van der Waals surface area contributed by atoms with E-state index < -0.39 is 0 Å². The van der Waals surface area contributed by atoms with Gasteiger partial charge in [0.15, 0.2) is 0 Å². The van der Waals surface area contributed by atoms with Crippen LogP contribution < -0.4 is 53.7 Å². The van der Waals surface area contributed by atoms with Crippen molar-refractivity contribution in [2.45, 2.75) is 64.2 Å². The minimum Gasteiger partial charge on any atom is -0.493 e. The molecule has 0 saturated carbocycles. The van der Waals surface area contributed by atoms with Gasteiger partial charge in [0.05, 0.1) is 24.3 Å². The monoisotopic (exact) mass is 907 g/mol. The number of imide groups is 2. The topological polar surface area (TPSA) is 245 Å². The molecule has 356 valence electrons. The Kier molecular flexibility index (Phi) is 17.9. The zero-order chi connectivity index (χ0) is 46.4. The molecule has 5 aromatic carbocycles. The summed E-state index contributed by atoms with van der Waals surface area (Å²) in [5, 5.41) is 19.0. The first-order valence-electron chi connectivity index (χ1n) is 24.3. The van der Waals surface area contributed by atoms with E-state index in [0.29, 0.717) is 144 Å². The van der Waals surface area contributed by atoms with Crippen molar-refractivity contribution in [3.63, 3.8) is 0 Å². The Morgan fingerprint density at radius 2 is 0.712 bits per heavy atom. The normalized spacial score (nSPS) is 13.8. The van der Waals surface area contributed by atoms with Crippen LogP contribution in [-0.4, -0.2) is 138 Å². The maximum Gasteiger partial charge on any atom is 0.261 e. The third kappa shape index (κ3) is 10.6. The molecule has 4 amide bonds. The van der Waals surface area contributed by atoms with E-state index in [9.17, 15) is 19.2 Å². The van der Waals surface area contributed by atoms with Gasteiger partial charge in [-0.05, 0) is 178 Å². The molecule has 0 atom stereocenters. The maximum atomic E-state index is 14.5. The van der Waals surface area contributed by atoms with Crippen molar-refractivity contribution in [2.75, 3.05) is 105 Å². The number of hydrogen-bond acceptors (Lipinski definition) is 14. The molecule has 0 aromatic heterocycles. The Morgan fingerprint density at radius 3 is 1.08 bits per heavy atom. The Bertz CT molecular complexity index is 2310. The molecule has 5 aromatic rings. The smallest absolute Gasteiger partial charge is 0.261 e. The van der Waals surface area contributed by atoms with Crippen LogP contribution in [0.5, 0.6) is 11.5 Å². The quantitative estimate of drug-likeness (QED) is 0.0133. The van der Waals surface area contributed by atoms with Crippen molar-refractivity contribution in [2.24, 2.45) is 22.9 Å². The van der Waals surface area contributed by atoms with Crippen molar-refractivity contribution in [3.05, 3.63) is 58.7 Å². The number of carbonyl (C=O) groups excluding carboxylic acids is 4. The summed E-state index contributed by atoms with van der Waals surface area (Å²) >= 11 is 0. The number of benzene rings is 5. The molecule has 66 heavy (non-hydrogen) atoms. The molecule has 2 aliphatic rings. The Labute approximate surface area is 387 Å². The summed E-state index contributed by atoms with van der Waals surface area (Å²) in [6.07, 6.45) is 8.42. The summed E-state index contributed by atoms with van der Waals surface area (Å²) < 4.78 is 13.0. The number of fused-ring (bicyclic) bond motifs is 2. The second-order valence-electron chi connectivity index (χ2n) is 17.3. The molecule has 0 saturated heterocycles. The first-order valence-corrected chi connectivity index (χ1v) is 24.3. The highest BCUT2D eigenvalue weighted by Gasteiger charge is 2.38. The number of nitrogens with zero attached hydrogens (tertiary/aromatic N) is 2. The van der Waals surface area contributed by atoms with Crippen LogP contribution in [0, 0.1) is 0 Å². The van der Waals surface area contributed by atoms with Gasteiger partial charge in [0.25, 0.3) is 23.6 Å². The Morgan fingerprint density at radius 1 is 0.379 bits per heavy atom. The lowest BCUT2D eigenvalue weighted by Gasteiger charge is -2.31. The number of unbranched alkanes of at least 4 members (excludes halogenated alkanes) is 2. The zero-order valence-electron chi connectivity index (χ0n) is 38.5. The molecule has 0 spiro atoms. The Balaban J connectivity index is 1.20. The summed E-state index contributed by atoms with van der Waals surface area (Å²) in [5.41, 5.74) is 24.6. The maximum absolute atomic E-state index is 14.5. The van der Waals surface area contributed by atoms with Gasteiger partial charge in [-0.2, -0.15) is 0 Å². The molecule has 0 radical (unpaired) electrons. The van der Waals surface area contributed by atoms with E-state index in [-0.39, 0.29) is 36.7 Å². The number of ether oxygens (including phenoxy) is 2. The summed E-state index contributed by atoms with van der Waals surface area (Å²) in [7, 11) is 0. The van der Waals surface area contributed by atoms with Gasteiger partial charge in [0.1, 0.15) is 11.5 Å². The third-order valence-corrected chi connectivity index (χ3v) is 12.6. The predicted molar refractivity (Wildman–Crippen MR) is 263 cm³/mol. The predicted octanol–water partition coefficient (Wildman–Crippen LogP) is 3.78. The van der Waals surface area contributed by atoms with Crippen LogP contribution in [0.25, 0.3) is 43.1 Å². The number of rotatable bonds is 32. The van der Waals surface area contributed by atoms with Gasteiger partial charge >= 0.3 is 0 Å². The van der Waals surface area contributed by atoms with Crippen LogP contribution in [0.4, 0.5) is 0 Å². The van der Waals surface area contributed by atoms with Crippen molar-refractivity contribution in [1.82, 2.24) is 31.1 Å². The first-order chi connectivity index (χ1) is 32.4. The van der Waals surface area contributed by atoms with Crippen molar-refractivity contribution < 1.29 is 28.7 Å². The van der Waals surface area contributed by atoms with Gasteiger partial charge in [-0.1, -0.05) is 12.1 Å². The van der Waals surface area contributed by atoms with E-state index in [2.05, 4.69) is 21.3 Å². The molecule has 7 rings (SSSR count). The minimum atomic E-state index is -0.378. The number of nitrogens with two attached hydrogens (primary N) is 4. The largest absolute Gasteiger partial charge is 0.493 e. The average Bonchev–Trinajstić information content (AvgIpc) is 3.32. The SMILES string of the molecule is NCCCNCCCCNCCCN1C(=O)c2ccc3c4c(OCCCN)cc5c6c(ccc(c7c(OCCCN)cc(c2c37)C1=O)c64)C(=O)N(CCCNCCCCNCCCN)C5=O. The van der Waals surface area contributed by atoms with Crippen LogP contribution in [0.3, 0.4) is 0 Å². The molecule has 0 fully saturated rings. The van der Waals surface area contributed by atoms with Crippen LogP contribution in [0.15, 0.2) is 36.4 Å². The molecule has 16 nitrogen and oxygen atoms in total. The second-order valence-corrected chi connectivity index (χ2v) is 17.3. The molecular formula is C50H70N10O6. The molecule has 2 heterocycles. The highest BCUT2D eigenvalue weighted by Crippen LogP contribution is 2.51. The van der Waals surface area contributed by atoms with Crippen LogP contribution >= 0.6 is 0 Å². The van der Waals surface area contributed by atoms with Crippen molar-refractivity contribution >= 4 is 66.7 Å². The van der Waals surface area contributed by atoms with Gasteiger partial charge in [-0.25, -0.2) is 0 Å². The molecule has 0 bridgehead atoms. The number of amides is 4. The lowest BCUT2D eigenvalue weighted by atomic mass is 9.81. The molecule has 0 unspecified atom stereocenters. The van der Waals surface area contributed by atoms with Gasteiger partial charge in [-0.15, -0.1) is 0 Å². The molecule has 16 heteroatoms. The first kappa shape index (κ1) is 48.9. The van der Waals surface area contributed by atoms with Gasteiger partial charge in [0, 0.05) is 56.5 Å².